The van der Waals surface area contributed by atoms with Gasteiger partial charge in [-0.1, -0.05) is 49.2 Å². The Labute approximate surface area is 214 Å². The molecule has 1 atom stereocenters. The number of fused-ring (bicyclic) bond motifs is 1. The van der Waals surface area contributed by atoms with Crippen LogP contribution in [0.5, 0.6) is 5.75 Å². The summed E-state index contributed by atoms with van der Waals surface area (Å²) in [4.78, 5) is 29.5. The molecule has 0 bridgehead atoms. The molecule has 36 heavy (non-hydrogen) atoms. The van der Waals surface area contributed by atoms with Gasteiger partial charge >= 0.3 is 0 Å². The van der Waals surface area contributed by atoms with Gasteiger partial charge in [-0.3, -0.25) is 9.59 Å². The minimum absolute atomic E-state index is 0.0376. The number of rotatable bonds is 9. The van der Waals surface area contributed by atoms with E-state index in [2.05, 4.69) is 33.8 Å². The molecule has 2 aromatic heterocycles. The second-order valence-corrected chi connectivity index (χ2v) is 10.5. The van der Waals surface area contributed by atoms with Crippen molar-refractivity contribution in [2.45, 2.75) is 57.5 Å². The Morgan fingerprint density at radius 3 is 2.69 bits per heavy atom. The first-order valence-corrected chi connectivity index (χ1v) is 13.5. The van der Waals surface area contributed by atoms with Crippen LogP contribution in [0.15, 0.2) is 70.8 Å². The monoisotopic (exact) mass is 501 g/mol. The topological polar surface area (TPSA) is 75.3 Å². The van der Waals surface area contributed by atoms with Gasteiger partial charge in [-0.25, -0.2) is 5.10 Å². The smallest absolute Gasteiger partial charge is 0.272 e. The Kier molecular flexibility index (Phi) is 7.47. The molecule has 1 N–H and O–H groups in total. The predicted octanol–water partition coefficient (Wildman–Crippen LogP) is 5.68. The SMILES string of the molecule is C[C@@H](C(=O)N(Cc1cccc(OCCc2cccs2)c1)C1CCCC1)c1n[nH]c(=O)c2ccccc12. The molecule has 6 nitrogen and oxygen atoms in total. The summed E-state index contributed by atoms with van der Waals surface area (Å²) >= 11 is 1.74. The Morgan fingerprint density at radius 1 is 1.11 bits per heavy atom. The van der Waals surface area contributed by atoms with E-state index < -0.39 is 5.92 Å². The summed E-state index contributed by atoms with van der Waals surface area (Å²) in [5.74, 6) is 0.386. The van der Waals surface area contributed by atoms with E-state index in [1.807, 2.05) is 48.2 Å². The van der Waals surface area contributed by atoms with E-state index in [4.69, 9.17) is 4.74 Å². The molecule has 2 aromatic carbocycles. The fraction of sp³-hybridized carbons (Fsp3) is 0.345. The van der Waals surface area contributed by atoms with E-state index in [1.165, 1.54) is 4.88 Å². The number of aromatic amines is 1. The molecule has 1 aliphatic rings. The number of nitrogens with one attached hydrogen (secondary N) is 1. The van der Waals surface area contributed by atoms with Crippen molar-refractivity contribution in [2.75, 3.05) is 6.61 Å². The molecule has 4 aromatic rings. The molecule has 0 aliphatic heterocycles. The van der Waals surface area contributed by atoms with Crippen molar-refractivity contribution in [3.63, 3.8) is 0 Å². The summed E-state index contributed by atoms with van der Waals surface area (Å²) in [6.45, 7) is 3.04. The van der Waals surface area contributed by atoms with Gasteiger partial charge in [0.05, 0.1) is 23.6 Å². The fourth-order valence-electron chi connectivity index (χ4n) is 5.09. The Hall–Kier alpha value is -3.45. The average Bonchev–Trinajstić information content (AvgIpc) is 3.62. The molecule has 7 heteroatoms. The highest BCUT2D eigenvalue weighted by atomic mass is 32.1. The number of aromatic nitrogens is 2. The van der Waals surface area contributed by atoms with Crippen LogP contribution in [-0.4, -0.2) is 33.7 Å². The van der Waals surface area contributed by atoms with Crippen LogP contribution in [0.4, 0.5) is 0 Å². The van der Waals surface area contributed by atoms with Gasteiger partial charge in [-0.2, -0.15) is 5.10 Å². The number of hydrogen-bond acceptors (Lipinski definition) is 5. The summed E-state index contributed by atoms with van der Waals surface area (Å²) in [5, 5.41) is 10.3. The molecule has 1 fully saturated rings. The van der Waals surface area contributed by atoms with Crippen molar-refractivity contribution in [3.05, 3.63) is 92.5 Å². The zero-order chi connectivity index (χ0) is 24.9. The van der Waals surface area contributed by atoms with E-state index in [1.54, 1.807) is 17.4 Å². The first kappa shape index (κ1) is 24.3. The van der Waals surface area contributed by atoms with Gasteiger partial charge in [0.25, 0.3) is 5.56 Å². The van der Waals surface area contributed by atoms with Crippen molar-refractivity contribution in [2.24, 2.45) is 0 Å². The molecular weight excluding hydrogens is 470 g/mol. The van der Waals surface area contributed by atoms with Crippen LogP contribution in [0.25, 0.3) is 10.8 Å². The summed E-state index contributed by atoms with van der Waals surface area (Å²) < 4.78 is 6.02. The van der Waals surface area contributed by atoms with Crippen LogP contribution in [0.1, 0.15) is 54.7 Å². The maximum Gasteiger partial charge on any atom is 0.272 e. The molecule has 1 amide bonds. The average molecular weight is 502 g/mol. The van der Waals surface area contributed by atoms with Gasteiger partial charge in [0, 0.05) is 29.3 Å². The Morgan fingerprint density at radius 2 is 1.92 bits per heavy atom. The second-order valence-electron chi connectivity index (χ2n) is 9.43. The van der Waals surface area contributed by atoms with Crippen LogP contribution in [0, 0.1) is 0 Å². The number of thiophene rings is 1. The molecule has 1 saturated carbocycles. The van der Waals surface area contributed by atoms with Crippen molar-refractivity contribution in [1.82, 2.24) is 15.1 Å². The van der Waals surface area contributed by atoms with Gasteiger partial charge < -0.3 is 9.64 Å². The van der Waals surface area contributed by atoms with Gasteiger partial charge in [0.2, 0.25) is 5.91 Å². The van der Waals surface area contributed by atoms with Gasteiger partial charge in [-0.15, -0.1) is 11.3 Å². The lowest BCUT2D eigenvalue weighted by Gasteiger charge is -2.31. The lowest BCUT2D eigenvalue weighted by Crippen LogP contribution is -2.41. The largest absolute Gasteiger partial charge is 0.493 e. The normalized spacial score (nSPS) is 14.7. The van der Waals surface area contributed by atoms with Crippen LogP contribution in [0.3, 0.4) is 0 Å². The van der Waals surface area contributed by atoms with E-state index in [0.717, 1.165) is 48.8 Å². The fourth-order valence-corrected chi connectivity index (χ4v) is 5.78. The third-order valence-corrected chi connectivity index (χ3v) is 7.94. The molecular formula is C29H31N3O3S. The maximum absolute atomic E-state index is 13.9. The van der Waals surface area contributed by atoms with Crippen LogP contribution in [0.2, 0.25) is 0 Å². The molecule has 2 heterocycles. The number of carbonyl (C=O) groups is 1. The molecule has 1 aliphatic carbocycles. The molecule has 5 rings (SSSR count). The number of hydrogen-bond donors (Lipinski definition) is 1. The van der Waals surface area contributed by atoms with Crippen molar-refractivity contribution >= 4 is 28.0 Å². The number of ether oxygens (including phenoxy) is 1. The Bertz CT molecular complexity index is 1380. The highest BCUT2D eigenvalue weighted by Crippen LogP contribution is 2.30. The van der Waals surface area contributed by atoms with E-state index >= 15 is 0 Å². The molecule has 186 valence electrons. The highest BCUT2D eigenvalue weighted by molar-refractivity contribution is 7.09. The van der Waals surface area contributed by atoms with Crippen molar-refractivity contribution < 1.29 is 9.53 Å². The van der Waals surface area contributed by atoms with E-state index in [9.17, 15) is 9.59 Å². The molecule has 0 spiro atoms. The standard InChI is InChI=1S/C29H31N3O3S/c1-20(27-25-13-4-5-14-26(25)28(33)31-30-27)29(34)32(22-9-2-3-10-22)19-21-8-6-11-23(18-21)35-16-15-24-12-7-17-36-24/h4-8,11-14,17-18,20,22H,2-3,9-10,15-16,19H2,1H3,(H,31,33)/t20-/m1/s1. The van der Waals surface area contributed by atoms with Crippen molar-refractivity contribution in [3.8, 4) is 5.75 Å². The van der Waals surface area contributed by atoms with Crippen LogP contribution in [-0.2, 0) is 17.8 Å². The van der Waals surface area contributed by atoms with E-state index in [0.29, 0.717) is 24.2 Å². The maximum atomic E-state index is 13.9. The summed E-state index contributed by atoms with van der Waals surface area (Å²) in [6, 6.07) is 19.8. The van der Waals surface area contributed by atoms with Crippen molar-refractivity contribution in [1.29, 1.82) is 0 Å². The summed E-state index contributed by atoms with van der Waals surface area (Å²) in [7, 11) is 0. The van der Waals surface area contributed by atoms with Gasteiger partial charge in [0.15, 0.2) is 0 Å². The van der Waals surface area contributed by atoms with E-state index in [-0.39, 0.29) is 17.5 Å². The quantitative estimate of drug-likeness (QED) is 0.320. The minimum Gasteiger partial charge on any atom is -0.493 e. The molecule has 0 radical (unpaired) electrons. The number of benzene rings is 2. The summed E-state index contributed by atoms with van der Waals surface area (Å²) in [5.41, 5.74) is 1.43. The lowest BCUT2D eigenvalue weighted by atomic mass is 9.98. The first-order valence-electron chi connectivity index (χ1n) is 12.6. The first-order chi connectivity index (χ1) is 17.6. The minimum atomic E-state index is -0.474. The third-order valence-electron chi connectivity index (χ3n) is 7.00. The zero-order valence-corrected chi connectivity index (χ0v) is 21.3. The third kappa shape index (κ3) is 5.36. The number of amides is 1. The lowest BCUT2D eigenvalue weighted by molar-refractivity contribution is -0.135. The zero-order valence-electron chi connectivity index (χ0n) is 20.5. The van der Waals surface area contributed by atoms with Crippen LogP contribution >= 0.6 is 11.3 Å². The number of H-pyrrole nitrogens is 1. The Balaban J connectivity index is 1.35. The molecule has 0 saturated heterocycles. The van der Waals surface area contributed by atoms with Crippen LogP contribution < -0.4 is 10.3 Å². The molecule has 0 unspecified atom stereocenters. The summed E-state index contributed by atoms with van der Waals surface area (Å²) in [6.07, 6.45) is 5.17. The second kappa shape index (κ2) is 11.1. The predicted molar refractivity (Wildman–Crippen MR) is 144 cm³/mol. The van der Waals surface area contributed by atoms with Gasteiger partial charge in [-0.05, 0) is 55.0 Å². The highest BCUT2D eigenvalue weighted by Gasteiger charge is 2.32. The van der Waals surface area contributed by atoms with Gasteiger partial charge in [0.1, 0.15) is 5.75 Å². The number of nitrogens with zero attached hydrogens (tertiary/aromatic N) is 2. The number of carbonyl (C=O) groups excluding carboxylic acids is 1.